The number of nitrogens with zero attached hydrogens (tertiary/aromatic N) is 1. The highest BCUT2D eigenvalue weighted by Crippen LogP contribution is 2.17. The maximum Gasteiger partial charge on any atom is 0.113 e. The Kier molecular flexibility index (Phi) is 7.54. The minimum Gasteiger partial charge on any atom is -0.300 e. The molecule has 0 radical (unpaired) electrons. The van der Waals surface area contributed by atoms with Gasteiger partial charge in [0.2, 0.25) is 0 Å². The SMILES string of the molecule is C=C/C=C\C=C(/CC)N(C)SOC. The molecule has 0 N–H and O–H groups in total. The van der Waals surface area contributed by atoms with Gasteiger partial charge >= 0.3 is 0 Å². The predicted octanol–water partition coefficient (Wildman–Crippen LogP) is 3.16. The molecule has 0 spiro atoms. The van der Waals surface area contributed by atoms with Crippen LogP contribution in [-0.4, -0.2) is 18.5 Å². The van der Waals surface area contributed by atoms with Crippen molar-refractivity contribution in [3.8, 4) is 0 Å². The zero-order chi connectivity index (χ0) is 10.1. The largest absolute Gasteiger partial charge is 0.300 e. The first-order chi connectivity index (χ1) is 6.26. The molecule has 0 amide bonds. The van der Waals surface area contributed by atoms with Crippen molar-refractivity contribution < 1.29 is 4.18 Å². The Bertz CT molecular complexity index is 199. The topological polar surface area (TPSA) is 12.5 Å². The molecular formula is C10H17NOS. The van der Waals surface area contributed by atoms with Crippen LogP contribution in [0.15, 0.2) is 36.6 Å². The van der Waals surface area contributed by atoms with Gasteiger partial charge in [0.25, 0.3) is 0 Å². The maximum absolute atomic E-state index is 4.95. The van der Waals surface area contributed by atoms with Gasteiger partial charge in [0.05, 0.1) is 7.11 Å². The van der Waals surface area contributed by atoms with Gasteiger partial charge in [-0.2, -0.15) is 0 Å². The van der Waals surface area contributed by atoms with Crippen LogP contribution < -0.4 is 0 Å². The van der Waals surface area contributed by atoms with Crippen molar-refractivity contribution in [2.24, 2.45) is 0 Å². The lowest BCUT2D eigenvalue weighted by atomic mass is 10.3. The van der Waals surface area contributed by atoms with E-state index < -0.39 is 0 Å². The van der Waals surface area contributed by atoms with Crippen molar-refractivity contribution in [1.29, 1.82) is 0 Å². The average Bonchev–Trinajstić information content (AvgIpc) is 2.13. The fourth-order valence-electron chi connectivity index (χ4n) is 0.850. The van der Waals surface area contributed by atoms with Gasteiger partial charge in [-0.15, -0.1) is 0 Å². The number of hydrogen-bond acceptors (Lipinski definition) is 3. The average molecular weight is 199 g/mol. The molecule has 0 fully saturated rings. The molecule has 0 unspecified atom stereocenters. The number of rotatable bonds is 6. The third-order valence-electron chi connectivity index (χ3n) is 1.49. The molecular weight excluding hydrogens is 182 g/mol. The van der Waals surface area contributed by atoms with Crippen molar-refractivity contribution in [2.45, 2.75) is 13.3 Å². The summed E-state index contributed by atoms with van der Waals surface area (Å²) >= 11 is 1.33. The summed E-state index contributed by atoms with van der Waals surface area (Å²) in [5, 5.41) is 0. The Morgan fingerprint density at radius 1 is 1.54 bits per heavy atom. The number of allylic oxidation sites excluding steroid dienone is 5. The highest BCUT2D eigenvalue weighted by molar-refractivity contribution is 7.92. The standard InChI is InChI=1S/C10H17NOS/c1-5-7-8-9-10(6-2)11(3)13-12-4/h5,7-9H,1,6H2,2-4H3/b8-7-,10-9+. The van der Waals surface area contributed by atoms with Crippen molar-refractivity contribution >= 4 is 12.2 Å². The zero-order valence-electron chi connectivity index (χ0n) is 8.49. The first kappa shape index (κ1) is 12.3. The van der Waals surface area contributed by atoms with Gasteiger partial charge in [-0.05, 0) is 12.5 Å². The van der Waals surface area contributed by atoms with Crippen molar-refractivity contribution in [3.05, 3.63) is 36.6 Å². The summed E-state index contributed by atoms with van der Waals surface area (Å²) in [7, 11) is 3.64. The van der Waals surface area contributed by atoms with Crippen LogP contribution in [0.2, 0.25) is 0 Å². The van der Waals surface area contributed by atoms with E-state index in [1.807, 2.05) is 29.6 Å². The summed E-state index contributed by atoms with van der Waals surface area (Å²) in [6, 6.07) is 0. The third-order valence-corrected chi connectivity index (χ3v) is 2.10. The summed E-state index contributed by atoms with van der Waals surface area (Å²) in [5.41, 5.74) is 1.21. The summed E-state index contributed by atoms with van der Waals surface area (Å²) in [4.78, 5) is 0. The molecule has 0 bridgehead atoms. The predicted molar refractivity (Wildman–Crippen MR) is 60.1 cm³/mol. The Morgan fingerprint density at radius 2 is 2.23 bits per heavy atom. The Morgan fingerprint density at radius 3 is 2.69 bits per heavy atom. The van der Waals surface area contributed by atoms with E-state index in [0.29, 0.717) is 0 Å². The van der Waals surface area contributed by atoms with Crippen LogP contribution >= 0.6 is 12.2 Å². The van der Waals surface area contributed by atoms with Crippen molar-refractivity contribution in [3.63, 3.8) is 0 Å². The lowest BCUT2D eigenvalue weighted by molar-refractivity contribution is 0.456. The van der Waals surface area contributed by atoms with E-state index in [-0.39, 0.29) is 0 Å². The molecule has 0 aliphatic heterocycles. The van der Waals surface area contributed by atoms with Gasteiger partial charge < -0.3 is 8.49 Å². The van der Waals surface area contributed by atoms with Crippen LogP contribution in [-0.2, 0) is 4.18 Å². The molecule has 0 rings (SSSR count). The van der Waals surface area contributed by atoms with Gasteiger partial charge in [0.1, 0.15) is 12.2 Å². The molecule has 0 aliphatic rings. The molecule has 0 aliphatic carbocycles. The molecule has 0 saturated heterocycles. The Balaban J connectivity index is 4.21. The molecule has 0 saturated carbocycles. The highest BCUT2D eigenvalue weighted by Gasteiger charge is 2.00. The lowest BCUT2D eigenvalue weighted by Crippen LogP contribution is -2.07. The molecule has 13 heavy (non-hydrogen) atoms. The van der Waals surface area contributed by atoms with Crippen LogP contribution in [0.25, 0.3) is 0 Å². The monoisotopic (exact) mass is 199 g/mol. The van der Waals surface area contributed by atoms with E-state index in [9.17, 15) is 0 Å². The molecule has 2 nitrogen and oxygen atoms in total. The normalized spacial score (nSPS) is 12.1. The van der Waals surface area contributed by atoms with Crippen LogP contribution in [0.4, 0.5) is 0 Å². The molecule has 0 heterocycles. The molecule has 0 atom stereocenters. The maximum atomic E-state index is 4.95. The van der Waals surface area contributed by atoms with Crippen LogP contribution in [0.1, 0.15) is 13.3 Å². The van der Waals surface area contributed by atoms with Crippen LogP contribution in [0.5, 0.6) is 0 Å². The van der Waals surface area contributed by atoms with Crippen LogP contribution in [0, 0.1) is 0 Å². The Labute approximate surface area is 85.3 Å². The van der Waals surface area contributed by atoms with Crippen LogP contribution in [0.3, 0.4) is 0 Å². The van der Waals surface area contributed by atoms with E-state index >= 15 is 0 Å². The van der Waals surface area contributed by atoms with Gasteiger partial charge in [-0.3, -0.25) is 0 Å². The highest BCUT2D eigenvalue weighted by atomic mass is 32.2. The second-order valence-corrected chi connectivity index (χ2v) is 3.40. The molecule has 0 aromatic heterocycles. The second kappa shape index (κ2) is 7.95. The summed E-state index contributed by atoms with van der Waals surface area (Å²) in [5.74, 6) is 0. The van der Waals surface area contributed by atoms with Crippen molar-refractivity contribution in [1.82, 2.24) is 4.31 Å². The summed E-state index contributed by atoms with van der Waals surface area (Å²) in [6.45, 7) is 5.72. The van der Waals surface area contributed by atoms with E-state index in [0.717, 1.165) is 6.42 Å². The van der Waals surface area contributed by atoms with Gasteiger partial charge in [-0.25, -0.2) is 0 Å². The van der Waals surface area contributed by atoms with E-state index in [1.165, 1.54) is 17.9 Å². The van der Waals surface area contributed by atoms with E-state index in [1.54, 1.807) is 13.2 Å². The quantitative estimate of drug-likeness (QED) is 0.370. The third kappa shape index (κ3) is 5.55. The van der Waals surface area contributed by atoms with Gasteiger partial charge in [-0.1, -0.05) is 31.7 Å². The number of hydrogen-bond donors (Lipinski definition) is 0. The first-order valence-corrected chi connectivity index (χ1v) is 4.88. The minimum absolute atomic E-state index is 0.980. The summed E-state index contributed by atoms with van der Waals surface area (Å²) in [6.07, 6.45) is 8.66. The van der Waals surface area contributed by atoms with E-state index in [4.69, 9.17) is 4.18 Å². The molecule has 0 aromatic carbocycles. The second-order valence-electron chi connectivity index (χ2n) is 2.37. The van der Waals surface area contributed by atoms with Gasteiger partial charge in [0, 0.05) is 12.7 Å². The fraction of sp³-hybridized carbons (Fsp3) is 0.400. The molecule has 74 valence electrons. The summed E-state index contributed by atoms with van der Waals surface area (Å²) < 4.78 is 6.94. The molecule has 3 heteroatoms. The minimum atomic E-state index is 0.980. The zero-order valence-corrected chi connectivity index (χ0v) is 9.30. The van der Waals surface area contributed by atoms with Crippen molar-refractivity contribution in [2.75, 3.05) is 14.2 Å². The fourth-order valence-corrected chi connectivity index (χ4v) is 1.36. The Hall–Kier alpha value is -0.670. The van der Waals surface area contributed by atoms with Gasteiger partial charge in [0.15, 0.2) is 0 Å². The molecule has 0 aromatic rings. The smallest absolute Gasteiger partial charge is 0.113 e. The lowest BCUT2D eigenvalue weighted by Gasteiger charge is -2.17. The van der Waals surface area contributed by atoms with E-state index in [2.05, 4.69) is 13.5 Å². The first-order valence-electron chi connectivity index (χ1n) is 4.19.